The average Bonchev–Trinajstić information content (AvgIpc) is 2.66. The van der Waals surface area contributed by atoms with E-state index >= 15 is 0 Å². The number of ether oxygens (including phenoxy) is 2. The van der Waals surface area contributed by atoms with Gasteiger partial charge in [-0.15, -0.1) is 6.58 Å². The standard InChI is InChI=1S/C25H48O3Si/c1-7-8-18-25(27-23-17-11-14-21-26-23)19-12-9-15-22(16-10-13-20-25)28-29(5,6)24(2,3)4/h7,22-23H,1,8-21H2,2-6H3. The van der Waals surface area contributed by atoms with Crippen LogP contribution in [-0.4, -0.2) is 32.9 Å². The molecule has 0 bridgehead atoms. The molecule has 0 aromatic rings. The summed E-state index contributed by atoms with van der Waals surface area (Å²) in [5.74, 6) is 0. The molecule has 0 amide bonds. The topological polar surface area (TPSA) is 27.7 Å². The monoisotopic (exact) mass is 424 g/mol. The molecule has 1 unspecified atom stereocenters. The lowest BCUT2D eigenvalue weighted by Crippen LogP contribution is -2.44. The van der Waals surface area contributed by atoms with Crippen molar-refractivity contribution in [1.82, 2.24) is 0 Å². The zero-order valence-electron chi connectivity index (χ0n) is 20.1. The van der Waals surface area contributed by atoms with Crippen LogP contribution < -0.4 is 0 Å². The van der Waals surface area contributed by atoms with Gasteiger partial charge in [-0.1, -0.05) is 52.5 Å². The quantitative estimate of drug-likeness (QED) is 0.309. The van der Waals surface area contributed by atoms with Gasteiger partial charge in [0.1, 0.15) is 0 Å². The molecular formula is C25H48O3Si. The van der Waals surface area contributed by atoms with Gasteiger partial charge in [-0.2, -0.15) is 0 Å². The number of hydrogen-bond acceptors (Lipinski definition) is 3. The van der Waals surface area contributed by atoms with Crippen LogP contribution in [0.3, 0.4) is 0 Å². The largest absolute Gasteiger partial charge is 0.414 e. The average molecular weight is 425 g/mol. The van der Waals surface area contributed by atoms with Crippen molar-refractivity contribution >= 4 is 8.32 Å². The van der Waals surface area contributed by atoms with E-state index in [4.69, 9.17) is 13.9 Å². The molecular weight excluding hydrogens is 376 g/mol. The first-order valence-corrected chi connectivity index (χ1v) is 15.2. The zero-order valence-corrected chi connectivity index (χ0v) is 21.1. The minimum atomic E-state index is -1.69. The van der Waals surface area contributed by atoms with Gasteiger partial charge in [-0.05, 0) is 75.9 Å². The van der Waals surface area contributed by atoms with E-state index in [9.17, 15) is 0 Å². The predicted octanol–water partition coefficient (Wildman–Crippen LogP) is 7.76. The fraction of sp³-hybridized carbons (Fsp3) is 0.920. The Morgan fingerprint density at radius 1 is 1.00 bits per heavy atom. The summed E-state index contributed by atoms with van der Waals surface area (Å²) in [5, 5.41) is 0.288. The molecule has 1 atom stereocenters. The molecule has 1 saturated carbocycles. The van der Waals surface area contributed by atoms with E-state index in [-0.39, 0.29) is 16.9 Å². The molecule has 1 aliphatic carbocycles. The molecule has 0 spiro atoms. The summed E-state index contributed by atoms with van der Waals surface area (Å²) in [5.41, 5.74) is -0.0245. The Morgan fingerprint density at radius 2 is 1.62 bits per heavy atom. The third kappa shape index (κ3) is 8.12. The van der Waals surface area contributed by atoms with Gasteiger partial charge in [0.25, 0.3) is 0 Å². The molecule has 0 radical (unpaired) electrons. The van der Waals surface area contributed by atoms with Crippen LogP contribution in [0.5, 0.6) is 0 Å². The first kappa shape index (κ1) is 25.1. The minimum Gasteiger partial charge on any atom is -0.414 e. The van der Waals surface area contributed by atoms with Gasteiger partial charge in [-0.3, -0.25) is 0 Å². The van der Waals surface area contributed by atoms with Crippen LogP contribution in [0.2, 0.25) is 18.1 Å². The van der Waals surface area contributed by atoms with Crippen molar-refractivity contribution in [3.05, 3.63) is 12.7 Å². The van der Waals surface area contributed by atoms with E-state index in [0.717, 1.165) is 38.7 Å². The number of rotatable bonds is 7. The molecule has 1 heterocycles. The predicted molar refractivity (Wildman–Crippen MR) is 126 cm³/mol. The lowest BCUT2D eigenvalue weighted by atomic mass is 9.84. The van der Waals surface area contributed by atoms with Gasteiger partial charge in [0.2, 0.25) is 0 Å². The normalized spacial score (nSPS) is 30.7. The molecule has 0 N–H and O–H groups in total. The van der Waals surface area contributed by atoms with Crippen molar-refractivity contribution in [2.45, 2.75) is 140 Å². The SMILES string of the molecule is C=CCCC1(OC2CCCCO2)CCCCC(O[Si](C)(C)C(C)(C)C)CCCC1. The molecule has 170 valence electrons. The highest BCUT2D eigenvalue weighted by molar-refractivity contribution is 6.74. The Hall–Kier alpha value is -0.163. The van der Waals surface area contributed by atoms with Crippen LogP contribution in [0.15, 0.2) is 12.7 Å². The van der Waals surface area contributed by atoms with Gasteiger partial charge < -0.3 is 13.9 Å². The fourth-order valence-corrected chi connectivity index (χ4v) is 5.92. The maximum absolute atomic E-state index is 6.79. The summed E-state index contributed by atoms with van der Waals surface area (Å²) in [6.07, 6.45) is 17.7. The summed E-state index contributed by atoms with van der Waals surface area (Å²) in [6.45, 7) is 16.6. The minimum absolute atomic E-state index is 0.00572. The summed E-state index contributed by atoms with van der Waals surface area (Å²) in [7, 11) is -1.69. The van der Waals surface area contributed by atoms with Gasteiger partial charge in [0, 0.05) is 12.7 Å². The molecule has 0 aromatic heterocycles. The highest BCUT2D eigenvalue weighted by Gasteiger charge is 2.39. The van der Waals surface area contributed by atoms with E-state index in [0.29, 0.717) is 6.10 Å². The van der Waals surface area contributed by atoms with E-state index in [1.165, 1.54) is 51.4 Å². The van der Waals surface area contributed by atoms with Crippen molar-refractivity contribution in [3.63, 3.8) is 0 Å². The van der Waals surface area contributed by atoms with E-state index in [2.05, 4.69) is 46.5 Å². The lowest BCUT2D eigenvalue weighted by Gasteiger charge is -2.41. The summed E-state index contributed by atoms with van der Waals surface area (Å²) in [4.78, 5) is 0. The van der Waals surface area contributed by atoms with Gasteiger partial charge in [-0.25, -0.2) is 0 Å². The van der Waals surface area contributed by atoms with Gasteiger partial charge in [0.15, 0.2) is 14.6 Å². The van der Waals surface area contributed by atoms with Crippen LogP contribution in [0.1, 0.15) is 104 Å². The molecule has 3 nitrogen and oxygen atoms in total. The third-order valence-electron chi connectivity index (χ3n) is 7.41. The van der Waals surface area contributed by atoms with Crippen molar-refractivity contribution in [3.8, 4) is 0 Å². The fourth-order valence-electron chi connectivity index (χ4n) is 4.49. The Kier molecular flexibility index (Phi) is 9.91. The number of hydrogen-bond donors (Lipinski definition) is 0. The Labute approximate surface area is 182 Å². The summed E-state index contributed by atoms with van der Waals surface area (Å²) < 4.78 is 19.5. The molecule has 2 fully saturated rings. The first-order valence-electron chi connectivity index (χ1n) is 12.3. The molecule has 1 saturated heterocycles. The van der Waals surface area contributed by atoms with E-state index in [1.54, 1.807) is 0 Å². The zero-order chi connectivity index (χ0) is 21.4. The van der Waals surface area contributed by atoms with Crippen LogP contribution in [0, 0.1) is 0 Å². The van der Waals surface area contributed by atoms with Gasteiger partial charge in [0.05, 0.1) is 5.60 Å². The summed E-state index contributed by atoms with van der Waals surface area (Å²) in [6, 6.07) is 0. The van der Waals surface area contributed by atoms with Crippen LogP contribution in [-0.2, 0) is 13.9 Å². The highest BCUT2D eigenvalue weighted by Crippen LogP contribution is 2.40. The van der Waals surface area contributed by atoms with Crippen molar-refractivity contribution in [2.24, 2.45) is 0 Å². The van der Waals surface area contributed by atoms with E-state index < -0.39 is 8.32 Å². The van der Waals surface area contributed by atoms with Crippen LogP contribution in [0.4, 0.5) is 0 Å². The van der Waals surface area contributed by atoms with Crippen molar-refractivity contribution in [1.29, 1.82) is 0 Å². The molecule has 29 heavy (non-hydrogen) atoms. The van der Waals surface area contributed by atoms with Gasteiger partial charge >= 0.3 is 0 Å². The highest BCUT2D eigenvalue weighted by atomic mass is 28.4. The maximum atomic E-state index is 6.79. The molecule has 4 heteroatoms. The van der Waals surface area contributed by atoms with Crippen LogP contribution in [0.25, 0.3) is 0 Å². The Morgan fingerprint density at radius 3 is 2.14 bits per heavy atom. The van der Waals surface area contributed by atoms with Crippen molar-refractivity contribution < 1.29 is 13.9 Å². The maximum Gasteiger partial charge on any atom is 0.192 e. The Balaban J connectivity index is 1.96. The smallest absolute Gasteiger partial charge is 0.192 e. The molecule has 1 aliphatic heterocycles. The second-order valence-electron chi connectivity index (χ2n) is 10.9. The molecule has 2 rings (SSSR count). The lowest BCUT2D eigenvalue weighted by molar-refractivity contribution is -0.232. The first-order chi connectivity index (χ1) is 13.7. The Bertz CT molecular complexity index is 465. The second-order valence-corrected chi connectivity index (χ2v) is 15.7. The molecule has 2 aliphatic rings. The second kappa shape index (κ2) is 11.5. The number of allylic oxidation sites excluding steroid dienone is 1. The summed E-state index contributed by atoms with van der Waals surface area (Å²) >= 11 is 0. The molecule has 0 aromatic carbocycles. The van der Waals surface area contributed by atoms with Crippen LogP contribution >= 0.6 is 0 Å². The van der Waals surface area contributed by atoms with E-state index in [1.807, 2.05) is 0 Å². The third-order valence-corrected chi connectivity index (χ3v) is 11.9. The van der Waals surface area contributed by atoms with Crippen molar-refractivity contribution in [2.75, 3.05) is 6.61 Å².